The lowest BCUT2D eigenvalue weighted by atomic mass is 10.1. The van der Waals surface area contributed by atoms with E-state index in [4.69, 9.17) is 21.6 Å². The number of pyridine rings is 1. The van der Waals surface area contributed by atoms with Crippen LogP contribution in [0.4, 0.5) is 0 Å². The largest absolute Gasteiger partial charge is 0.490 e. The van der Waals surface area contributed by atoms with Crippen LogP contribution >= 0.6 is 11.6 Å². The maximum Gasteiger partial charge on any atom is 0.258 e. The molecule has 6 heteroatoms. The Morgan fingerprint density at radius 2 is 2.04 bits per heavy atom. The summed E-state index contributed by atoms with van der Waals surface area (Å²) in [5.74, 6) is 0.572. The van der Waals surface area contributed by atoms with E-state index in [1.54, 1.807) is 30.5 Å². The number of piperidine rings is 1. The van der Waals surface area contributed by atoms with Crippen LogP contribution in [0.25, 0.3) is 5.69 Å². The van der Waals surface area contributed by atoms with Gasteiger partial charge in [0.2, 0.25) is 0 Å². The number of ether oxygens (including phenoxy) is 1. The summed E-state index contributed by atoms with van der Waals surface area (Å²) in [5.41, 5.74) is 0.782. The highest BCUT2D eigenvalue weighted by atomic mass is 35.5. The smallest absolute Gasteiger partial charge is 0.258 e. The fraction of sp³-hybridized carbons (Fsp3) is 0.294. The Morgan fingerprint density at radius 1 is 1.26 bits per heavy atom. The van der Waals surface area contributed by atoms with E-state index in [1.807, 2.05) is 6.07 Å². The molecule has 1 aliphatic heterocycles. The number of nitriles is 1. The molecule has 2 aromatic rings. The Morgan fingerprint density at radius 3 is 2.70 bits per heavy atom. The van der Waals surface area contributed by atoms with Crippen molar-refractivity contribution in [3.8, 4) is 17.5 Å². The molecule has 0 amide bonds. The molecule has 2 heterocycles. The van der Waals surface area contributed by atoms with Gasteiger partial charge in [-0.25, -0.2) is 0 Å². The summed E-state index contributed by atoms with van der Waals surface area (Å²) in [6.45, 7) is 1.87. The van der Waals surface area contributed by atoms with Gasteiger partial charge in [0, 0.05) is 12.3 Å². The van der Waals surface area contributed by atoms with Gasteiger partial charge in [0.25, 0.3) is 5.56 Å². The van der Waals surface area contributed by atoms with Crippen LogP contribution in [0.5, 0.6) is 5.75 Å². The van der Waals surface area contributed by atoms with Crippen molar-refractivity contribution in [2.75, 3.05) is 13.1 Å². The van der Waals surface area contributed by atoms with Crippen molar-refractivity contribution in [1.29, 1.82) is 5.26 Å². The van der Waals surface area contributed by atoms with Gasteiger partial charge in [0.15, 0.2) is 0 Å². The van der Waals surface area contributed by atoms with Gasteiger partial charge < -0.3 is 10.1 Å². The van der Waals surface area contributed by atoms with Crippen LogP contribution in [-0.2, 0) is 0 Å². The van der Waals surface area contributed by atoms with E-state index >= 15 is 0 Å². The summed E-state index contributed by atoms with van der Waals surface area (Å²) in [7, 11) is 0. The first-order valence-electron chi connectivity index (χ1n) is 7.47. The third kappa shape index (κ3) is 3.55. The number of benzene rings is 1. The molecule has 1 fully saturated rings. The number of hydrogen-bond acceptors (Lipinski definition) is 4. The highest BCUT2D eigenvalue weighted by molar-refractivity contribution is 6.32. The van der Waals surface area contributed by atoms with Crippen molar-refractivity contribution in [2.24, 2.45) is 0 Å². The van der Waals surface area contributed by atoms with Crippen LogP contribution in [0.1, 0.15) is 18.4 Å². The van der Waals surface area contributed by atoms with E-state index in [0.29, 0.717) is 22.0 Å². The first-order chi connectivity index (χ1) is 11.2. The molecule has 118 valence electrons. The molecule has 0 aliphatic carbocycles. The predicted octanol–water partition coefficient (Wildman–Crippen LogP) is 2.49. The highest BCUT2D eigenvalue weighted by Gasteiger charge is 2.15. The van der Waals surface area contributed by atoms with Crippen LogP contribution in [-0.4, -0.2) is 23.8 Å². The SMILES string of the molecule is N#Cc1ccc(-n2ccc(OC3CCNCC3)cc2=O)c(Cl)c1. The third-order valence-corrected chi connectivity index (χ3v) is 4.12. The normalized spacial score (nSPS) is 15.1. The zero-order valence-corrected chi connectivity index (χ0v) is 13.2. The van der Waals surface area contributed by atoms with Crippen molar-refractivity contribution in [3.63, 3.8) is 0 Å². The molecule has 0 radical (unpaired) electrons. The summed E-state index contributed by atoms with van der Waals surface area (Å²) < 4.78 is 7.31. The molecule has 0 unspecified atom stereocenters. The number of rotatable bonds is 3. The lowest BCUT2D eigenvalue weighted by Crippen LogP contribution is -2.34. The fourth-order valence-corrected chi connectivity index (χ4v) is 2.88. The maximum atomic E-state index is 12.3. The number of hydrogen-bond donors (Lipinski definition) is 1. The minimum Gasteiger partial charge on any atom is -0.490 e. The van der Waals surface area contributed by atoms with Crippen molar-refractivity contribution >= 4 is 11.6 Å². The zero-order valence-electron chi connectivity index (χ0n) is 12.5. The van der Waals surface area contributed by atoms with Crippen molar-refractivity contribution in [3.05, 3.63) is 57.5 Å². The lowest BCUT2D eigenvalue weighted by molar-refractivity contribution is 0.162. The second-order valence-electron chi connectivity index (χ2n) is 5.42. The van der Waals surface area contributed by atoms with Gasteiger partial charge >= 0.3 is 0 Å². The van der Waals surface area contributed by atoms with Crippen LogP contribution < -0.4 is 15.6 Å². The average Bonchev–Trinajstić information content (AvgIpc) is 2.56. The molecule has 0 bridgehead atoms. The second kappa shape index (κ2) is 6.86. The topological polar surface area (TPSA) is 67.1 Å². The number of nitrogens with zero attached hydrogens (tertiary/aromatic N) is 2. The molecule has 1 saturated heterocycles. The van der Waals surface area contributed by atoms with Crippen LogP contribution in [0.2, 0.25) is 5.02 Å². The van der Waals surface area contributed by atoms with Crippen LogP contribution in [0.3, 0.4) is 0 Å². The van der Waals surface area contributed by atoms with Gasteiger partial charge in [-0.1, -0.05) is 11.6 Å². The summed E-state index contributed by atoms with van der Waals surface area (Å²) in [4.78, 5) is 12.3. The molecule has 1 aliphatic rings. The molecule has 1 aromatic carbocycles. The summed E-state index contributed by atoms with van der Waals surface area (Å²) in [5, 5.41) is 12.5. The molecule has 1 N–H and O–H groups in total. The molecule has 5 nitrogen and oxygen atoms in total. The molecule has 1 aromatic heterocycles. The molecule has 3 rings (SSSR count). The maximum absolute atomic E-state index is 12.3. The Kier molecular flexibility index (Phi) is 4.65. The molecule has 0 saturated carbocycles. The third-order valence-electron chi connectivity index (χ3n) is 3.82. The lowest BCUT2D eigenvalue weighted by Gasteiger charge is -2.23. The fourth-order valence-electron chi connectivity index (χ4n) is 2.61. The quantitative estimate of drug-likeness (QED) is 0.939. The van der Waals surface area contributed by atoms with Crippen molar-refractivity contribution < 1.29 is 4.74 Å². The van der Waals surface area contributed by atoms with E-state index in [2.05, 4.69) is 5.32 Å². The Balaban J connectivity index is 1.85. The minimum absolute atomic E-state index is 0.144. The summed E-state index contributed by atoms with van der Waals surface area (Å²) >= 11 is 6.16. The highest BCUT2D eigenvalue weighted by Crippen LogP contribution is 2.22. The molecular formula is C17H16ClN3O2. The first kappa shape index (κ1) is 15.6. The van der Waals surface area contributed by atoms with E-state index in [-0.39, 0.29) is 11.7 Å². The van der Waals surface area contributed by atoms with Crippen molar-refractivity contribution in [2.45, 2.75) is 18.9 Å². The molecular weight excluding hydrogens is 314 g/mol. The van der Waals surface area contributed by atoms with Gasteiger partial charge in [-0.05, 0) is 50.2 Å². The Bertz CT molecular complexity index is 804. The zero-order chi connectivity index (χ0) is 16.2. The standard InChI is InChI=1S/C17H16ClN3O2/c18-15-9-12(11-19)1-2-16(15)21-8-5-14(10-17(21)22)23-13-3-6-20-7-4-13/h1-2,5,8-10,13,20H,3-4,6-7H2. The molecule has 0 atom stereocenters. The van der Waals surface area contributed by atoms with E-state index in [1.165, 1.54) is 10.6 Å². The van der Waals surface area contributed by atoms with Gasteiger partial charge in [-0.2, -0.15) is 5.26 Å². The number of halogens is 1. The van der Waals surface area contributed by atoms with E-state index in [9.17, 15) is 4.79 Å². The van der Waals surface area contributed by atoms with E-state index < -0.39 is 0 Å². The van der Waals surface area contributed by atoms with Crippen LogP contribution in [0, 0.1) is 11.3 Å². The van der Waals surface area contributed by atoms with Gasteiger partial charge in [0.05, 0.1) is 22.3 Å². The monoisotopic (exact) mass is 329 g/mol. The molecule has 23 heavy (non-hydrogen) atoms. The van der Waals surface area contributed by atoms with E-state index in [0.717, 1.165) is 25.9 Å². The minimum atomic E-state index is -0.219. The summed E-state index contributed by atoms with van der Waals surface area (Å²) in [6, 6.07) is 10.1. The Hall–Kier alpha value is -2.29. The van der Waals surface area contributed by atoms with Gasteiger partial charge in [0.1, 0.15) is 11.9 Å². The second-order valence-corrected chi connectivity index (χ2v) is 5.82. The first-order valence-corrected chi connectivity index (χ1v) is 7.85. The Labute approximate surface area is 139 Å². The summed E-state index contributed by atoms with van der Waals surface area (Å²) in [6.07, 6.45) is 3.66. The van der Waals surface area contributed by atoms with Crippen LogP contribution in [0.15, 0.2) is 41.3 Å². The molecule has 0 spiro atoms. The van der Waals surface area contributed by atoms with Crippen molar-refractivity contribution in [1.82, 2.24) is 9.88 Å². The average molecular weight is 330 g/mol. The number of nitrogens with one attached hydrogen (secondary N) is 1. The van der Waals surface area contributed by atoms with Gasteiger partial charge in [-0.3, -0.25) is 9.36 Å². The van der Waals surface area contributed by atoms with Gasteiger partial charge in [-0.15, -0.1) is 0 Å². The predicted molar refractivity (Wildman–Crippen MR) is 88.3 cm³/mol. The number of aromatic nitrogens is 1.